The quantitative estimate of drug-likeness (QED) is 0.344. The molecule has 0 spiro atoms. The average Bonchev–Trinajstić information content (AvgIpc) is 3.44. The highest BCUT2D eigenvalue weighted by Crippen LogP contribution is 2.26. The number of carbonyl (C=O) groups excluding carboxylic acids is 2. The van der Waals surface area contributed by atoms with Gasteiger partial charge in [0.25, 0.3) is 5.91 Å². The first kappa shape index (κ1) is 21.7. The van der Waals surface area contributed by atoms with Crippen molar-refractivity contribution in [2.45, 2.75) is 18.9 Å². The van der Waals surface area contributed by atoms with Crippen LogP contribution in [-0.4, -0.2) is 34.7 Å². The van der Waals surface area contributed by atoms with Gasteiger partial charge in [0, 0.05) is 15.6 Å². The molecule has 1 amide bonds. The monoisotopic (exact) mass is 466 g/mol. The van der Waals surface area contributed by atoms with E-state index in [1.165, 1.54) is 22.7 Å². The number of amides is 1. The molecule has 4 nitrogen and oxygen atoms in total. The highest BCUT2D eigenvalue weighted by molar-refractivity contribution is 7.98. The van der Waals surface area contributed by atoms with Crippen LogP contribution in [0, 0.1) is 0 Å². The Morgan fingerprint density at radius 3 is 2.65 bits per heavy atom. The maximum absolute atomic E-state index is 13.0. The molecule has 0 fully saturated rings. The Kier molecular flexibility index (Phi) is 7.17. The Labute approximate surface area is 193 Å². The predicted molar refractivity (Wildman–Crippen MR) is 132 cm³/mol. The summed E-state index contributed by atoms with van der Waals surface area (Å²) in [4.78, 5) is 31.2. The molecule has 0 aliphatic carbocycles. The van der Waals surface area contributed by atoms with Gasteiger partial charge in [-0.05, 0) is 35.9 Å². The summed E-state index contributed by atoms with van der Waals surface area (Å²) < 4.78 is 1.07. The Morgan fingerprint density at radius 2 is 1.87 bits per heavy atom. The number of thiophene rings is 1. The standard InChI is InChI=1S/C24H22N2O2S3/c1-29-12-11-18(26-24(28)22-13-17-9-5-6-10-21(17)31-22)20(27)14-23-25-19(15-30-23)16-7-3-2-4-8-16/h2-10,13,15,18H,11-12,14H2,1H3,(H,26,28)/t18-/m0/s1. The second kappa shape index (κ2) is 10.2. The summed E-state index contributed by atoms with van der Waals surface area (Å²) in [5, 5.41) is 6.76. The van der Waals surface area contributed by atoms with Crippen LogP contribution in [0.15, 0.2) is 66.0 Å². The molecule has 2 aromatic heterocycles. The number of Topliss-reactive ketones (excluding diaryl/α,β-unsaturated/α-hetero) is 1. The second-order valence-electron chi connectivity index (χ2n) is 7.09. The molecule has 0 aliphatic rings. The van der Waals surface area contributed by atoms with E-state index in [0.29, 0.717) is 11.3 Å². The van der Waals surface area contributed by atoms with Crippen molar-refractivity contribution >= 4 is 56.2 Å². The normalized spacial score (nSPS) is 12.0. The zero-order valence-corrected chi connectivity index (χ0v) is 19.5. The van der Waals surface area contributed by atoms with Gasteiger partial charge >= 0.3 is 0 Å². The summed E-state index contributed by atoms with van der Waals surface area (Å²) in [6.45, 7) is 0. The molecule has 4 rings (SSSR count). The second-order valence-corrected chi connectivity index (χ2v) is 10.1. The zero-order valence-electron chi connectivity index (χ0n) is 17.0. The highest BCUT2D eigenvalue weighted by Gasteiger charge is 2.23. The van der Waals surface area contributed by atoms with Crippen LogP contribution >= 0.6 is 34.4 Å². The van der Waals surface area contributed by atoms with Gasteiger partial charge in [0.1, 0.15) is 5.01 Å². The molecule has 0 unspecified atom stereocenters. The van der Waals surface area contributed by atoms with Crippen LogP contribution in [0.2, 0.25) is 0 Å². The number of carbonyl (C=O) groups is 2. The summed E-state index contributed by atoms with van der Waals surface area (Å²) in [5.41, 5.74) is 1.91. The number of ketones is 1. The van der Waals surface area contributed by atoms with E-state index >= 15 is 0 Å². The van der Waals surface area contributed by atoms with Crippen molar-refractivity contribution in [1.29, 1.82) is 0 Å². The smallest absolute Gasteiger partial charge is 0.261 e. The van der Waals surface area contributed by atoms with Gasteiger partial charge in [0.05, 0.1) is 23.0 Å². The van der Waals surface area contributed by atoms with Gasteiger partial charge in [-0.1, -0.05) is 48.5 Å². The van der Waals surface area contributed by atoms with Crippen molar-refractivity contribution in [1.82, 2.24) is 10.3 Å². The van der Waals surface area contributed by atoms with Crippen LogP contribution in [-0.2, 0) is 11.2 Å². The number of nitrogens with zero attached hydrogens (tertiary/aromatic N) is 1. The summed E-state index contributed by atoms with van der Waals surface area (Å²) in [6, 6.07) is 19.2. The Balaban J connectivity index is 1.46. The van der Waals surface area contributed by atoms with Crippen molar-refractivity contribution in [3.8, 4) is 11.3 Å². The lowest BCUT2D eigenvalue weighted by molar-refractivity contribution is -0.120. The first-order chi connectivity index (χ1) is 15.1. The lowest BCUT2D eigenvalue weighted by Gasteiger charge is -2.16. The number of fused-ring (bicyclic) bond motifs is 1. The Morgan fingerprint density at radius 1 is 1.10 bits per heavy atom. The molecular weight excluding hydrogens is 444 g/mol. The van der Waals surface area contributed by atoms with Crippen molar-refractivity contribution in [3.63, 3.8) is 0 Å². The van der Waals surface area contributed by atoms with E-state index in [1.54, 1.807) is 11.8 Å². The molecule has 31 heavy (non-hydrogen) atoms. The lowest BCUT2D eigenvalue weighted by atomic mass is 10.1. The molecular formula is C24H22N2O2S3. The van der Waals surface area contributed by atoms with Gasteiger partial charge in [-0.3, -0.25) is 9.59 Å². The van der Waals surface area contributed by atoms with E-state index in [1.807, 2.05) is 72.3 Å². The third-order valence-corrected chi connectivity index (χ3v) is 7.51. The lowest BCUT2D eigenvalue weighted by Crippen LogP contribution is -2.41. The van der Waals surface area contributed by atoms with Crippen LogP contribution in [0.3, 0.4) is 0 Å². The maximum Gasteiger partial charge on any atom is 0.261 e. The number of aromatic nitrogens is 1. The summed E-state index contributed by atoms with van der Waals surface area (Å²) in [7, 11) is 0. The van der Waals surface area contributed by atoms with E-state index in [4.69, 9.17) is 0 Å². The third-order valence-electron chi connectivity index (χ3n) is 4.90. The van der Waals surface area contributed by atoms with Gasteiger partial charge in [0.2, 0.25) is 0 Å². The molecule has 4 aromatic rings. The number of hydrogen-bond donors (Lipinski definition) is 1. The largest absolute Gasteiger partial charge is 0.341 e. The van der Waals surface area contributed by atoms with Gasteiger partial charge in [0.15, 0.2) is 5.78 Å². The number of rotatable bonds is 9. The maximum atomic E-state index is 13.0. The molecule has 0 saturated carbocycles. The number of thiazole rings is 1. The van der Waals surface area contributed by atoms with Gasteiger partial charge in [-0.15, -0.1) is 22.7 Å². The van der Waals surface area contributed by atoms with Crippen LogP contribution in [0.5, 0.6) is 0 Å². The molecule has 0 bridgehead atoms. The molecule has 1 N–H and O–H groups in total. The molecule has 0 saturated heterocycles. The molecule has 0 aliphatic heterocycles. The van der Waals surface area contributed by atoms with E-state index in [0.717, 1.165) is 32.1 Å². The van der Waals surface area contributed by atoms with E-state index < -0.39 is 6.04 Å². The summed E-state index contributed by atoms with van der Waals surface area (Å²) >= 11 is 4.60. The molecule has 158 valence electrons. The number of hydrogen-bond acceptors (Lipinski definition) is 6. The number of benzene rings is 2. The summed E-state index contributed by atoms with van der Waals surface area (Å²) in [5.74, 6) is 0.609. The van der Waals surface area contributed by atoms with Gasteiger partial charge in [-0.2, -0.15) is 11.8 Å². The highest BCUT2D eigenvalue weighted by atomic mass is 32.2. The van der Waals surface area contributed by atoms with Crippen LogP contribution < -0.4 is 5.32 Å². The van der Waals surface area contributed by atoms with E-state index in [9.17, 15) is 9.59 Å². The fourth-order valence-electron chi connectivity index (χ4n) is 3.28. The average molecular weight is 467 g/mol. The van der Waals surface area contributed by atoms with Crippen LogP contribution in [0.1, 0.15) is 21.1 Å². The Bertz CT molecular complexity index is 1150. The molecule has 1 atom stereocenters. The minimum absolute atomic E-state index is 0.00234. The molecule has 0 radical (unpaired) electrons. The molecule has 2 aromatic carbocycles. The fraction of sp³-hybridized carbons (Fsp3) is 0.208. The van der Waals surface area contributed by atoms with Crippen molar-refractivity contribution in [3.05, 3.63) is 75.9 Å². The molecule has 7 heteroatoms. The van der Waals surface area contributed by atoms with Crippen molar-refractivity contribution < 1.29 is 9.59 Å². The van der Waals surface area contributed by atoms with Crippen LogP contribution in [0.4, 0.5) is 0 Å². The minimum atomic E-state index is -0.519. The first-order valence-corrected chi connectivity index (χ1v) is 13.0. The number of nitrogens with one attached hydrogen (secondary N) is 1. The number of thioether (sulfide) groups is 1. The van der Waals surface area contributed by atoms with E-state index in [2.05, 4.69) is 10.3 Å². The predicted octanol–water partition coefficient (Wildman–Crippen LogP) is 5.69. The van der Waals surface area contributed by atoms with Gasteiger partial charge in [-0.25, -0.2) is 4.98 Å². The molecule has 2 heterocycles. The van der Waals surface area contributed by atoms with Crippen molar-refractivity contribution in [2.24, 2.45) is 0 Å². The minimum Gasteiger partial charge on any atom is -0.341 e. The fourth-order valence-corrected chi connectivity index (χ4v) is 5.53. The Hall–Kier alpha value is -2.48. The zero-order chi connectivity index (χ0) is 21.6. The van der Waals surface area contributed by atoms with Crippen LogP contribution in [0.25, 0.3) is 21.3 Å². The third kappa shape index (κ3) is 5.42. The van der Waals surface area contributed by atoms with E-state index in [-0.39, 0.29) is 18.1 Å². The topological polar surface area (TPSA) is 59.1 Å². The SMILES string of the molecule is CSCC[C@H](NC(=O)c1cc2ccccc2s1)C(=O)Cc1nc(-c2ccccc2)cs1. The first-order valence-electron chi connectivity index (χ1n) is 9.95. The van der Waals surface area contributed by atoms with Gasteiger partial charge < -0.3 is 5.32 Å². The van der Waals surface area contributed by atoms with Crippen molar-refractivity contribution in [2.75, 3.05) is 12.0 Å². The summed E-state index contributed by atoms with van der Waals surface area (Å²) in [6.07, 6.45) is 2.83.